The van der Waals surface area contributed by atoms with Gasteiger partial charge in [-0.25, -0.2) is 0 Å². The maximum Gasteiger partial charge on any atom is 0.00784 e. The highest BCUT2D eigenvalue weighted by atomic mass is 15.0. The molecule has 1 saturated heterocycles. The first-order chi connectivity index (χ1) is 4.80. The van der Waals surface area contributed by atoms with Crippen LogP contribution >= 0.6 is 0 Å². The van der Waals surface area contributed by atoms with Gasteiger partial charge >= 0.3 is 0 Å². The Labute approximate surface area is 62.2 Å². The lowest BCUT2D eigenvalue weighted by Gasteiger charge is -2.27. The van der Waals surface area contributed by atoms with E-state index in [0.717, 1.165) is 23.4 Å². The average Bonchev–Trinajstić information content (AvgIpc) is 2.36. The van der Waals surface area contributed by atoms with E-state index in [9.17, 15) is 0 Å². The van der Waals surface area contributed by atoms with Crippen LogP contribution < -0.4 is 5.32 Å². The summed E-state index contributed by atoms with van der Waals surface area (Å²) in [5, 5.41) is 3.65. The SMILES string of the molecule is C[C@H]1NC2CC1C1(CC1)C2. The second-order valence-electron chi connectivity index (χ2n) is 4.56. The highest BCUT2D eigenvalue weighted by Gasteiger charge is 2.60. The maximum absolute atomic E-state index is 3.65. The third-order valence-electron chi connectivity index (χ3n) is 3.97. The maximum atomic E-state index is 3.65. The summed E-state index contributed by atoms with van der Waals surface area (Å²) in [7, 11) is 0. The standard InChI is InChI=1S/C9H15N/c1-6-8-4-7(10-6)5-9(8)2-3-9/h6-8,10H,2-5H2,1H3/t6-,7?,8?/m1/s1. The van der Waals surface area contributed by atoms with Gasteiger partial charge in [-0.05, 0) is 43.9 Å². The molecule has 0 radical (unpaired) electrons. The smallest absolute Gasteiger partial charge is 0.00784 e. The van der Waals surface area contributed by atoms with Gasteiger partial charge in [-0.15, -0.1) is 0 Å². The lowest BCUT2D eigenvalue weighted by atomic mass is 9.87. The summed E-state index contributed by atoms with van der Waals surface area (Å²) in [6.07, 6.45) is 6.07. The number of nitrogens with one attached hydrogen (secondary N) is 1. The summed E-state index contributed by atoms with van der Waals surface area (Å²) in [5.74, 6) is 1.05. The highest BCUT2D eigenvalue weighted by molar-refractivity contribution is 5.13. The molecular weight excluding hydrogens is 122 g/mol. The van der Waals surface area contributed by atoms with E-state index in [0.29, 0.717) is 0 Å². The van der Waals surface area contributed by atoms with Crippen LogP contribution in [0, 0.1) is 11.3 Å². The summed E-state index contributed by atoms with van der Waals surface area (Å²) < 4.78 is 0. The molecule has 1 nitrogen and oxygen atoms in total. The van der Waals surface area contributed by atoms with Gasteiger partial charge in [-0.1, -0.05) is 0 Å². The zero-order valence-electron chi connectivity index (χ0n) is 6.56. The highest BCUT2D eigenvalue weighted by Crippen LogP contribution is 2.64. The van der Waals surface area contributed by atoms with Crippen LogP contribution in [0.5, 0.6) is 0 Å². The molecule has 0 aromatic heterocycles. The van der Waals surface area contributed by atoms with Crippen molar-refractivity contribution >= 4 is 0 Å². The van der Waals surface area contributed by atoms with Crippen molar-refractivity contribution in [2.75, 3.05) is 0 Å². The van der Waals surface area contributed by atoms with E-state index in [1.807, 2.05) is 0 Å². The summed E-state index contributed by atoms with van der Waals surface area (Å²) in [5.41, 5.74) is 0.870. The minimum Gasteiger partial charge on any atom is -0.311 e. The number of fused-ring (bicyclic) bond motifs is 3. The molecule has 1 heterocycles. The lowest BCUT2D eigenvalue weighted by molar-refractivity contribution is 0.268. The van der Waals surface area contributed by atoms with Gasteiger partial charge in [0.2, 0.25) is 0 Å². The van der Waals surface area contributed by atoms with Crippen molar-refractivity contribution in [1.29, 1.82) is 0 Å². The predicted octanol–water partition coefficient (Wildman–Crippen LogP) is 1.54. The van der Waals surface area contributed by atoms with Crippen LogP contribution in [0.1, 0.15) is 32.6 Å². The van der Waals surface area contributed by atoms with Crippen LogP contribution in [0.4, 0.5) is 0 Å². The van der Waals surface area contributed by atoms with Crippen LogP contribution in [-0.2, 0) is 0 Å². The molecule has 0 amide bonds. The van der Waals surface area contributed by atoms with Gasteiger partial charge in [0, 0.05) is 12.1 Å². The van der Waals surface area contributed by atoms with Crippen LogP contribution in [-0.4, -0.2) is 12.1 Å². The second kappa shape index (κ2) is 1.42. The van der Waals surface area contributed by atoms with Crippen LogP contribution in [0.3, 0.4) is 0 Å². The van der Waals surface area contributed by atoms with Crippen molar-refractivity contribution in [3.8, 4) is 0 Å². The van der Waals surface area contributed by atoms with Gasteiger partial charge in [-0.3, -0.25) is 0 Å². The van der Waals surface area contributed by atoms with Gasteiger partial charge in [0.15, 0.2) is 0 Å². The lowest BCUT2D eigenvalue weighted by Crippen LogP contribution is -2.38. The van der Waals surface area contributed by atoms with Gasteiger partial charge in [0.25, 0.3) is 0 Å². The third kappa shape index (κ3) is 0.493. The fourth-order valence-electron chi connectivity index (χ4n) is 3.37. The topological polar surface area (TPSA) is 12.0 Å². The summed E-state index contributed by atoms with van der Waals surface area (Å²) in [4.78, 5) is 0. The Morgan fingerprint density at radius 2 is 2.20 bits per heavy atom. The first kappa shape index (κ1) is 5.59. The van der Waals surface area contributed by atoms with Crippen molar-refractivity contribution in [2.24, 2.45) is 11.3 Å². The molecule has 3 atom stereocenters. The van der Waals surface area contributed by atoms with Crippen LogP contribution in [0.25, 0.3) is 0 Å². The number of rotatable bonds is 0. The Kier molecular flexibility index (Phi) is 0.797. The van der Waals surface area contributed by atoms with Crippen molar-refractivity contribution in [2.45, 2.75) is 44.7 Å². The molecule has 3 rings (SSSR count). The Bertz CT molecular complexity index is 172. The van der Waals surface area contributed by atoms with Crippen LogP contribution in [0.15, 0.2) is 0 Å². The zero-order chi connectivity index (χ0) is 6.77. The van der Waals surface area contributed by atoms with Crippen molar-refractivity contribution in [1.82, 2.24) is 5.32 Å². The fourth-order valence-corrected chi connectivity index (χ4v) is 3.37. The average molecular weight is 137 g/mol. The van der Waals surface area contributed by atoms with Crippen molar-refractivity contribution in [3.05, 3.63) is 0 Å². The molecule has 10 heavy (non-hydrogen) atoms. The largest absolute Gasteiger partial charge is 0.311 e. The summed E-state index contributed by atoms with van der Waals surface area (Å²) in [6.45, 7) is 2.36. The Balaban J connectivity index is 1.94. The number of piperidine rings is 1. The molecule has 1 heteroatoms. The molecule has 2 bridgehead atoms. The molecule has 56 valence electrons. The first-order valence-corrected chi connectivity index (χ1v) is 4.56. The van der Waals surface area contributed by atoms with Crippen molar-refractivity contribution < 1.29 is 0 Å². The summed E-state index contributed by atoms with van der Waals surface area (Å²) >= 11 is 0. The fraction of sp³-hybridized carbons (Fsp3) is 1.00. The third-order valence-corrected chi connectivity index (χ3v) is 3.97. The second-order valence-corrected chi connectivity index (χ2v) is 4.56. The molecule has 0 aromatic rings. The monoisotopic (exact) mass is 137 g/mol. The molecular formula is C9H15N. The number of hydrogen-bond acceptors (Lipinski definition) is 1. The molecule has 2 saturated carbocycles. The number of hydrogen-bond donors (Lipinski definition) is 1. The Hall–Kier alpha value is -0.0400. The minimum absolute atomic E-state index is 0.834. The molecule has 3 fully saturated rings. The minimum atomic E-state index is 0.834. The molecule has 1 N–H and O–H groups in total. The van der Waals surface area contributed by atoms with Gasteiger partial charge in [-0.2, -0.15) is 0 Å². The molecule has 1 aliphatic heterocycles. The van der Waals surface area contributed by atoms with Crippen molar-refractivity contribution in [3.63, 3.8) is 0 Å². The quantitative estimate of drug-likeness (QED) is 0.534. The first-order valence-electron chi connectivity index (χ1n) is 4.56. The zero-order valence-corrected chi connectivity index (χ0v) is 6.56. The molecule has 2 unspecified atom stereocenters. The van der Waals surface area contributed by atoms with Crippen LogP contribution in [0.2, 0.25) is 0 Å². The molecule has 2 aliphatic carbocycles. The van der Waals surface area contributed by atoms with Gasteiger partial charge < -0.3 is 5.32 Å². The van der Waals surface area contributed by atoms with E-state index in [1.165, 1.54) is 12.8 Å². The Morgan fingerprint density at radius 1 is 1.40 bits per heavy atom. The van der Waals surface area contributed by atoms with E-state index in [-0.39, 0.29) is 0 Å². The normalized spacial score (nSPS) is 54.3. The van der Waals surface area contributed by atoms with Gasteiger partial charge in [0.05, 0.1) is 0 Å². The van der Waals surface area contributed by atoms with E-state index in [1.54, 1.807) is 12.8 Å². The van der Waals surface area contributed by atoms with E-state index < -0.39 is 0 Å². The summed E-state index contributed by atoms with van der Waals surface area (Å²) in [6, 6.07) is 1.74. The van der Waals surface area contributed by atoms with E-state index >= 15 is 0 Å². The molecule has 0 aromatic carbocycles. The molecule has 1 spiro atoms. The predicted molar refractivity (Wildman–Crippen MR) is 40.8 cm³/mol. The van der Waals surface area contributed by atoms with Gasteiger partial charge in [0.1, 0.15) is 0 Å². The van der Waals surface area contributed by atoms with E-state index in [4.69, 9.17) is 0 Å². The molecule has 3 aliphatic rings. The van der Waals surface area contributed by atoms with E-state index in [2.05, 4.69) is 12.2 Å². The Morgan fingerprint density at radius 3 is 2.60 bits per heavy atom.